The molecule has 1 aromatic rings. The minimum atomic E-state index is -0.527. The van der Waals surface area contributed by atoms with Crippen molar-refractivity contribution in [3.8, 4) is 0 Å². The van der Waals surface area contributed by atoms with Crippen molar-refractivity contribution in [3.05, 3.63) is 34.0 Å². The summed E-state index contributed by atoms with van der Waals surface area (Å²) in [5.41, 5.74) is 6.54. The molecule has 0 amide bonds. The number of pyridine rings is 1. The zero-order chi connectivity index (χ0) is 9.84. The molecular formula is C8H11N3O2. The van der Waals surface area contributed by atoms with Crippen molar-refractivity contribution in [2.45, 2.75) is 19.4 Å². The quantitative estimate of drug-likeness (QED) is 0.564. The average molecular weight is 181 g/mol. The molecule has 1 atom stereocenters. The van der Waals surface area contributed by atoms with Gasteiger partial charge < -0.3 is 15.8 Å². The third kappa shape index (κ3) is 2.22. The molecule has 70 valence electrons. The fourth-order valence-corrected chi connectivity index (χ4v) is 0.961. The third-order valence-electron chi connectivity index (χ3n) is 1.83. The monoisotopic (exact) mass is 181 g/mol. The molecule has 1 aromatic heterocycles. The molecule has 0 aliphatic rings. The highest BCUT2D eigenvalue weighted by atomic mass is 16.6. The highest BCUT2D eigenvalue weighted by molar-refractivity contribution is 5.24. The Hall–Kier alpha value is -1.49. The Morgan fingerprint density at radius 2 is 2.38 bits per heavy atom. The number of nitrogens with zero attached hydrogens (tertiary/aromatic N) is 2. The zero-order valence-corrected chi connectivity index (χ0v) is 7.30. The molecule has 0 saturated carbocycles. The maximum absolute atomic E-state index is 10.3. The van der Waals surface area contributed by atoms with Gasteiger partial charge in [0.1, 0.15) is 6.20 Å². The van der Waals surface area contributed by atoms with Crippen LogP contribution in [0.15, 0.2) is 18.3 Å². The van der Waals surface area contributed by atoms with E-state index in [-0.39, 0.29) is 11.9 Å². The fraction of sp³-hybridized carbons (Fsp3) is 0.375. The Balaban J connectivity index is 2.87. The van der Waals surface area contributed by atoms with Gasteiger partial charge in [-0.05, 0) is 22.4 Å². The lowest BCUT2D eigenvalue weighted by atomic mass is 10.1. The predicted octanol–water partition coefficient (Wildman–Crippen LogP) is 1.40. The minimum Gasteiger partial charge on any atom is -0.358 e. The number of nitro groups is 1. The Labute approximate surface area is 75.7 Å². The average Bonchev–Trinajstić information content (AvgIpc) is 2.17. The van der Waals surface area contributed by atoms with Crippen molar-refractivity contribution in [1.29, 1.82) is 0 Å². The molecule has 0 radical (unpaired) electrons. The molecule has 0 aromatic carbocycles. The lowest BCUT2D eigenvalue weighted by Gasteiger charge is -2.05. The first-order chi connectivity index (χ1) is 6.15. The van der Waals surface area contributed by atoms with Crippen LogP contribution in [0.4, 0.5) is 5.82 Å². The van der Waals surface area contributed by atoms with Gasteiger partial charge in [-0.3, -0.25) is 0 Å². The molecule has 0 saturated heterocycles. The lowest BCUT2D eigenvalue weighted by molar-refractivity contribution is -0.389. The van der Waals surface area contributed by atoms with E-state index in [2.05, 4.69) is 4.98 Å². The summed E-state index contributed by atoms with van der Waals surface area (Å²) in [4.78, 5) is 13.4. The standard InChI is InChI=1S/C8H11N3O2/c1-2-7(9)6-3-4-8(10-5-6)11(12)13/h3-5,7H,2,9H2,1H3. The largest absolute Gasteiger partial charge is 0.363 e. The number of rotatable bonds is 3. The van der Waals surface area contributed by atoms with Crippen LogP contribution >= 0.6 is 0 Å². The van der Waals surface area contributed by atoms with E-state index in [0.717, 1.165) is 12.0 Å². The van der Waals surface area contributed by atoms with Gasteiger partial charge in [-0.2, -0.15) is 0 Å². The molecule has 13 heavy (non-hydrogen) atoms. The molecule has 0 aliphatic heterocycles. The van der Waals surface area contributed by atoms with Gasteiger partial charge in [0.15, 0.2) is 0 Å². The summed E-state index contributed by atoms with van der Waals surface area (Å²) in [6, 6.07) is 2.91. The van der Waals surface area contributed by atoms with Crippen LogP contribution in [0.25, 0.3) is 0 Å². The maximum atomic E-state index is 10.3. The summed E-state index contributed by atoms with van der Waals surface area (Å²) in [6.07, 6.45) is 2.24. The molecule has 0 fully saturated rings. The van der Waals surface area contributed by atoms with E-state index in [1.54, 1.807) is 6.07 Å². The van der Waals surface area contributed by atoms with Crippen LogP contribution in [0.5, 0.6) is 0 Å². The summed E-state index contributed by atoms with van der Waals surface area (Å²) < 4.78 is 0. The van der Waals surface area contributed by atoms with E-state index in [1.165, 1.54) is 12.3 Å². The summed E-state index contributed by atoms with van der Waals surface area (Å²) >= 11 is 0. The Morgan fingerprint density at radius 1 is 1.69 bits per heavy atom. The second-order valence-electron chi connectivity index (χ2n) is 2.72. The Bertz CT molecular complexity index is 297. The molecule has 0 spiro atoms. The maximum Gasteiger partial charge on any atom is 0.363 e. The Morgan fingerprint density at radius 3 is 2.77 bits per heavy atom. The fourth-order valence-electron chi connectivity index (χ4n) is 0.961. The van der Waals surface area contributed by atoms with Crippen LogP contribution < -0.4 is 5.73 Å². The normalized spacial score (nSPS) is 12.5. The summed E-state index contributed by atoms with van der Waals surface area (Å²) in [6.45, 7) is 1.95. The molecular weight excluding hydrogens is 170 g/mol. The first-order valence-electron chi connectivity index (χ1n) is 4.01. The van der Waals surface area contributed by atoms with Crippen LogP contribution in [-0.4, -0.2) is 9.91 Å². The van der Waals surface area contributed by atoms with Crippen molar-refractivity contribution in [1.82, 2.24) is 4.98 Å². The van der Waals surface area contributed by atoms with E-state index >= 15 is 0 Å². The van der Waals surface area contributed by atoms with Gasteiger partial charge in [0.25, 0.3) is 0 Å². The molecule has 0 bridgehead atoms. The number of hydrogen-bond acceptors (Lipinski definition) is 4. The minimum absolute atomic E-state index is 0.0895. The zero-order valence-electron chi connectivity index (χ0n) is 7.30. The van der Waals surface area contributed by atoms with Crippen LogP contribution in [0, 0.1) is 10.1 Å². The lowest BCUT2D eigenvalue weighted by Crippen LogP contribution is -2.08. The summed E-state index contributed by atoms with van der Waals surface area (Å²) in [5, 5.41) is 10.3. The second kappa shape index (κ2) is 3.95. The number of hydrogen-bond donors (Lipinski definition) is 1. The van der Waals surface area contributed by atoms with Crippen molar-refractivity contribution >= 4 is 5.82 Å². The molecule has 5 heteroatoms. The van der Waals surface area contributed by atoms with Gasteiger partial charge in [-0.1, -0.05) is 6.92 Å². The second-order valence-corrected chi connectivity index (χ2v) is 2.72. The van der Waals surface area contributed by atoms with E-state index in [9.17, 15) is 10.1 Å². The van der Waals surface area contributed by atoms with Gasteiger partial charge in [0, 0.05) is 17.7 Å². The van der Waals surface area contributed by atoms with Crippen LogP contribution in [0.2, 0.25) is 0 Å². The smallest absolute Gasteiger partial charge is 0.358 e. The van der Waals surface area contributed by atoms with Crippen LogP contribution in [0.1, 0.15) is 24.9 Å². The molecule has 1 heterocycles. The van der Waals surface area contributed by atoms with E-state index < -0.39 is 4.92 Å². The van der Waals surface area contributed by atoms with E-state index in [4.69, 9.17) is 5.73 Å². The van der Waals surface area contributed by atoms with Gasteiger partial charge in [-0.15, -0.1) is 0 Å². The first-order valence-corrected chi connectivity index (χ1v) is 4.01. The highest BCUT2D eigenvalue weighted by Crippen LogP contribution is 2.14. The highest BCUT2D eigenvalue weighted by Gasteiger charge is 2.09. The van der Waals surface area contributed by atoms with Crippen molar-refractivity contribution < 1.29 is 4.92 Å². The predicted molar refractivity (Wildman–Crippen MR) is 48.1 cm³/mol. The van der Waals surface area contributed by atoms with Crippen molar-refractivity contribution in [2.75, 3.05) is 0 Å². The molecule has 5 nitrogen and oxygen atoms in total. The van der Waals surface area contributed by atoms with E-state index in [1.807, 2.05) is 6.92 Å². The van der Waals surface area contributed by atoms with Crippen molar-refractivity contribution in [3.63, 3.8) is 0 Å². The van der Waals surface area contributed by atoms with Crippen LogP contribution in [-0.2, 0) is 0 Å². The number of aromatic nitrogens is 1. The summed E-state index contributed by atoms with van der Waals surface area (Å²) in [7, 11) is 0. The van der Waals surface area contributed by atoms with Gasteiger partial charge in [0.2, 0.25) is 0 Å². The SMILES string of the molecule is CCC(N)c1ccc([N+](=O)[O-])nc1. The van der Waals surface area contributed by atoms with E-state index in [0.29, 0.717) is 0 Å². The molecule has 2 N–H and O–H groups in total. The van der Waals surface area contributed by atoms with Gasteiger partial charge in [0.05, 0.1) is 0 Å². The third-order valence-corrected chi connectivity index (χ3v) is 1.83. The number of nitrogens with two attached hydrogens (primary N) is 1. The van der Waals surface area contributed by atoms with Gasteiger partial charge in [-0.25, -0.2) is 0 Å². The molecule has 1 unspecified atom stereocenters. The topological polar surface area (TPSA) is 82.0 Å². The van der Waals surface area contributed by atoms with Crippen LogP contribution in [0.3, 0.4) is 0 Å². The van der Waals surface area contributed by atoms with Gasteiger partial charge >= 0.3 is 5.82 Å². The molecule has 1 rings (SSSR count). The summed E-state index contributed by atoms with van der Waals surface area (Å²) in [5.74, 6) is -0.146. The van der Waals surface area contributed by atoms with Crippen molar-refractivity contribution in [2.24, 2.45) is 5.73 Å². The molecule has 0 aliphatic carbocycles. The Kier molecular flexibility index (Phi) is 2.92. The first kappa shape index (κ1) is 9.60.